The maximum absolute atomic E-state index is 10.4. The average Bonchev–Trinajstić information content (AvgIpc) is 3.28. The Hall–Kier alpha value is -7.10. The third-order valence-corrected chi connectivity index (χ3v) is 7.72. The molecule has 3 aromatic rings. The van der Waals surface area contributed by atoms with Crippen molar-refractivity contribution >= 4 is 47.8 Å². The van der Waals surface area contributed by atoms with Crippen molar-refractivity contribution in [2.24, 2.45) is 57.7 Å². The summed E-state index contributed by atoms with van der Waals surface area (Å²) >= 11 is 0. The lowest BCUT2D eigenvalue weighted by Gasteiger charge is -2.07. The van der Waals surface area contributed by atoms with Crippen molar-refractivity contribution in [2.75, 3.05) is 13.1 Å². The van der Waals surface area contributed by atoms with Crippen LogP contribution in [0.2, 0.25) is 0 Å². The fourth-order valence-corrected chi connectivity index (χ4v) is 3.75. The fourth-order valence-electron chi connectivity index (χ4n) is 3.75. The lowest BCUT2D eigenvalue weighted by molar-refractivity contribution is -0.140. The van der Waals surface area contributed by atoms with Crippen LogP contribution in [-0.4, -0.2) is 137 Å². The molecule has 0 aliphatic rings. The Kier molecular flexibility index (Phi) is 44.4. The molecule has 0 aliphatic heterocycles. The van der Waals surface area contributed by atoms with Crippen molar-refractivity contribution < 1.29 is 84.3 Å². The fraction of sp³-hybridized carbons (Fsp3) is 0.422. The number of aliphatic carboxylic acids is 8. The zero-order chi connectivity index (χ0) is 55.7. The number of carbonyl (C=O) groups is 8. The van der Waals surface area contributed by atoms with Gasteiger partial charge in [0.05, 0.1) is 13.0 Å². The summed E-state index contributed by atoms with van der Waals surface area (Å²) in [4.78, 5) is 79.6. The Morgan fingerprint density at radius 3 is 1.04 bits per heavy atom. The summed E-state index contributed by atoms with van der Waals surface area (Å²) in [7, 11) is 0. The van der Waals surface area contributed by atoms with Crippen LogP contribution in [0.15, 0.2) is 84.9 Å². The molecule has 396 valence electrons. The molecule has 25 N–H and O–H groups in total. The molecule has 0 fully saturated rings. The second-order valence-electron chi connectivity index (χ2n) is 15.0. The number of hydrogen-bond acceptors (Lipinski definition) is 17. The summed E-state index contributed by atoms with van der Waals surface area (Å²) < 4.78 is 0. The van der Waals surface area contributed by atoms with Gasteiger partial charge in [0.15, 0.2) is 0 Å². The highest BCUT2D eigenvalue weighted by molar-refractivity contribution is 5.76. The van der Waals surface area contributed by atoms with Crippen LogP contribution in [-0.2, 0) is 51.2 Å². The van der Waals surface area contributed by atoms with E-state index in [4.69, 9.17) is 86.1 Å². The second kappa shape index (κ2) is 43.2. The van der Waals surface area contributed by atoms with Gasteiger partial charge in [-0.3, -0.25) is 38.4 Å². The van der Waals surface area contributed by atoms with Crippen molar-refractivity contribution in [1.29, 1.82) is 0 Å². The van der Waals surface area contributed by atoms with Crippen LogP contribution in [0.3, 0.4) is 0 Å². The maximum Gasteiger partial charge on any atom is 0.325 e. The zero-order valence-electron chi connectivity index (χ0n) is 39.9. The maximum atomic E-state index is 10.4. The van der Waals surface area contributed by atoms with Gasteiger partial charge in [0.1, 0.15) is 42.0 Å². The van der Waals surface area contributed by atoms with E-state index in [1.165, 1.54) is 19.1 Å². The molecule has 3 rings (SSSR count). The lowest BCUT2D eigenvalue weighted by atomic mass is 10.1. The second-order valence-corrected chi connectivity index (χ2v) is 15.0. The van der Waals surface area contributed by atoms with E-state index < -0.39 is 84.0 Å². The van der Waals surface area contributed by atoms with Crippen LogP contribution in [0.25, 0.3) is 0 Å². The zero-order valence-corrected chi connectivity index (χ0v) is 39.9. The third kappa shape index (κ3) is 47.4. The number of phenolic OH excluding ortho intramolecular Hbond substituents is 1. The van der Waals surface area contributed by atoms with Crippen molar-refractivity contribution in [2.45, 2.75) is 96.6 Å². The Labute approximate surface area is 406 Å². The molecular formula is C45H74N8O17. The third-order valence-electron chi connectivity index (χ3n) is 7.72. The molecule has 0 radical (unpaired) electrons. The first-order valence-electron chi connectivity index (χ1n) is 20.9. The van der Waals surface area contributed by atoms with E-state index >= 15 is 0 Å². The number of nitrogens with two attached hydrogens (primary N) is 8. The van der Waals surface area contributed by atoms with Crippen LogP contribution >= 0.6 is 0 Å². The smallest absolute Gasteiger partial charge is 0.325 e. The van der Waals surface area contributed by atoms with E-state index in [1.54, 1.807) is 50.2 Å². The van der Waals surface area contributed by atoms with Crippen molar-refractivity contribution in [3.05, 3.63) is 102 Å². The standard InChI is InChI=1S/C9H11NO3.C9H11NO2.C8H9NO2.C6H13NO2.C5H11NO2.2C3H7NO2.C2H5NO2/c10-8(9(12)13)5-6-1-3-7(11)4-2-6;10-8(9(11)12)6-7-4-2-1-3-5-7;9-7(8(10)11)6-4-2-1-3-5-6;1-4(2)3-5(7)6(8)9;1-3(2)4(6)5(7)8;1-2(4)3(5)6;4-2-1-3(5)6;3-1-2(4)5/h1-4,8,11H,5,10H2,(H,12,13);1-5,8H,6,10H2,(H,11,12);1-5,7H,9H2,(H,10,11);4-5H,3,7H2,1-2H3,(H,8,9);3-4H,6H2,1-2H3,(H,7,8);2H,4H2,1H3,(H,5,6);1-2,4H2,(H,5,6);1,3H2,(H,4,5). The van der Waals surface area contributed by atoms with Crippen LogP contribution in [0.5, 0.6) is 5.75 Å². The summed E-state index contributed by atoms with van der Waals surface area (Å²) in [5.41, 5.74) is 43.0. The van der Waals surface area contributed by atoms with E-state index in [0.29, 0.717) is 24.3 Å². The number of carboxylic acids is 8. The first kappa shape index (κ1) is 71.9. The van der Waals surface area contributed by atoms with Gasteiger partial charge in [0, 0.05) is 6.54 Å². The number of aromatic hydroxyl groups is 1. The number of rotatable bonds is 17. The molecule has 0 aromatic heterocycles. The Morgan fingerprint density at radius 1 is 0.471 bits per heavy atom. The topological polar surface area (TPSA) is 527 Å². The molecule has 25 nitrogen and oxygen atoms in total. The van der Waals surface area contributed by atoms with Gasteiger partial charge in [-0.05, 0) is 66.8 Å². The van der Waals surface area contributed by atoms with Gasteiger partial charge in [-0.2, -0.15) is 0 Å². The van der Waals surface area contributed by atoms with Crippen LogP contribution < -0.4 is 45.9 Å². The highest BCUT2D eigenvalue weighted by Crippen LogP contribution is 2.11. The number of hydrogen-bond donors (Lipinski definition) is 17. The number of benzene rings is 3. The summed E-state index contributed by atoms with van der Waals surface area (Å²) in [6.07, 6.45) is 1.28. The quantitative estimate of drug-likeness (QED) is 0.0854. The largest absolute Gasteiger partial charge is 0.508 e. The molecule has 70 heavy (non-hydrogen) atoms. The summed E-state index contributed by atoms with van der Waals surface area (Å²) in [6.45, 7) is 8.82. The molecule has 6 unspecified atom stereocenters. The Morgan fingerprint density at radius 2 is 0.829 bits per heavy atom. The molecule has 0 amide bonds. The lowest BCUT2D eigenvalue weighted by Crippen LogP contribution is -2.34. The van der Waals surface area contributed by atoms with Crippen LogP contribution in [0.4, 0.5) is 0 Å². The Balaban J connectivity index is -0.000000235. The molecule has 6 atom stereocenters. The van der Waals surface area contributed by atoms with Gasteiger partial charge in [-0.25, -0.2) is 0 Å². The van der Waals surface area contributed by atoms with Crippen molar-refractivity contribution in [3.8, 4) is 5.75 Å². The monoisotopic (exact) mass is 999 g/mol. The molecule has 0 aliphatic carbocycles. The van der Waals surface area contributed by atoms with Gasteiger partial charge in [0.2, 0.25) is 0 Å². The summed E-state index contributed by atoms with van der Waals surface area (Å²) in [5, 5.41) is 74.3. The molecule has 0 spiro atoms. The normalized spacial score (nSPS) is 12.2. The van der Waals surface area contributed by atoms with E-state index in [9.17, 15) is 38.4 Å². The first-order chi connectivity index (χ1) is 32.3. The highest BCUT2D eigenvalue weighted by Gasteiger charge is 2.15. The van der Waals surface area contributed by atoms with Gasteiger partial charge in [-0.15, -0.1) is 0 Å². The minimum absolute atomic E-state index is 0.0208. The average molecular weight is 999 g/mol. The predicted octanol–water partition coefficient (Wildman–Crippen LogP) is 0.125. The van der Waals surface area contributed by atoms with Crippen molar-refractivity contribution in [1.82, 2.24) is 0 Å². The van der Waals surface area contributed by atoms with E-state index in [-0.39, 0.29) is 37.6 Å². The molecule has 0 bridgehead atoms. The van der Waals surface area contributed by atoms with Crippen LogP contribution in [0, 0.1) is 11.8 Å². The van der Waals surface area contributed by atoms with Gasteiger partial charge in [-0.1, -0.05) is 100 Å². The molecule has 0 saturated carbocycles. The molecule has 3 aromatic carbocycles. The van der Waals surface area contributed by atoms with E-state index in [2.05, 4.69) is 5.73 Å². The van der Waals surface area contributed by atoms with Gasteiger partial charge in [0.25, 0.3) is 0 Å². The van der Waals surface area contributed by atoms with E-state index in [1.807, 2.05) is 50.2 Å². The summed E-state index contributed by atoms with van der Waals surface area (Å²) in [6, 6.07) is 19.7. The highest BCUT2D eigenvalue weighted by atomic mass is 16.4. The number of phenols is 1. The SMILES string of the molecule is CC(C)C(N)C(=O)O.CC(C)CC(N)C(=O)O.CC(N)C(=O)O.NC(C(=O)O)c1ccccc1.NC(Cc1ccc(O)cc1)C(=O)O.NC(Cc1ccccc1)C(=O)O.NCC(=O)O.NCCC(=O)O. The predicted molar refractivity (Wildman–Crippen MR) is 259 cm³/mol. The van der Waals surface area contributed by atoms with Crippen molar-refractivity contribution in [3.63, 3.8) is 0 Å². The van der Waals surface area contributed by atoms with E-state index in [0.717, 1.165) is 11.1 Å². The first-order valence-corrected chi connectivity index (χ1v) is 20.9. The molecular weight excluding hydrogens is 925 g/mol. The minimum Gasteiger partial charge on any atom is -0.508 e. The van der Waals surface area contributed by atoms with Crippen LogP contribution in [0.1, 0.15) is 70.2 Å². The van der Waals surface area contributed by atoms with Gasteiger partial charge >= 0.3 is 47.8 Å². The Bertz CT molecular complexity index is 1910. The minimum atomic E-state index is -1.02. The molecule has 0 heterocycles. The van der Waals surface area contributed by atoms with Gasteiger partial charge < -0.3 is 91.8 Å². The number of carboxylic acid groups (broad SMARTS) is 8. The molecule has 25 heteroatoms. The summed E-state index contributed by atoms with van der Waals surface area (Å²) in [5.74, 6) is -7.06. The molecule has 0 saturated heterocycles.